The number of nitrogens with zero attached hydrogens (tertiary/aromatic N) is 2. The minimum absolute atomic E-state index is 0.260. The van der Waals surface area contributed by atoms with Gasteiger partial charge in [0.05, 0.1) is 12.3 Å². The van der Waals surface area contributed by atoms with Gasteiger partial charge in [0.2, 0.25) is 5.95 Å². The number of hydrogen-bond donors (Lipinski definition) is 2. The maximum Gasteiger partial charge on any atom is 0.274 e. The van der Waals surface area contributed by atoms with Crippen LogP contribution in [0.15, 0.2) is 54.7 Å². The van der Waals surface area contributed by atoms with Crippen LogP contribution < -0.4 is 15.4 Å². The quantitative estimate of drug-likeness (QED) is 0.566. The molecule has 3 rings (SSSR count). The summed E-state index contributed by atoms with van der Waals surface area (Å²) in [7, 11) is 0. The highest BCUT2D eigenvalue weighted by atomic mass is 16.5. The van der Waals surface area contributed by atoms with E-state index in [4.69, 9.17) is 4.74 Å². The van der Waals surface area contributed by atoms with Crippen molar-refractivity contribution in [3.8, 4) is 5.75 Å². The summed E-state index contributed by atoms with van der Waals surface area (Å²) >= 11 is 0. The highest BCUT2D eigenvalue weighted by molar-refractivity contribution is 6.03. The van der Waals surface area contributed by atoms with Gasteiger partial charge in [-0.3, -0.25) is 4.79 Å². The van der Waals surface area contributed by atoms with Crippen molar-refractivity contribution in [2.24, 2.45) is 0 Å². The fourth-order valence-corrected chi connectivity index (χ4v) is 3.10. The molecule has 0 aliphatic rings. The molecular formula is C23H26N4O2. The zero-order valence-corrected chi connectivity index (χ0v) is 17.0. The van der Waals surface area contributed by atoms with E-state index in [2.05, 4.69) is 34.4 Å². The Hall–Kier alpha value is -3.41. The van der Waals surface area contributed by atoms with Gasteiger partial charge in [-0.05, 0) is 49.1 Å². The summed E-state index contributed by atoms with van der Waals surface area (Å²) in [6.45, 7) is 6.63. The first-order chi connectivity index (χ1) is 14.2. The molecule has 0 unspecified atom stereocenters. The first kappa shape index (κ1) is 20.3. The molecule has 0 aliphatic heterocycles. The van der Waals surface area contributed by atoms with E-state index in [-0.39, 0.29) is 5.91 Å². The summed E-state index contributed by atoms with van der Waals surface area (Å²) in [6, 6.07) is 15.2. The molecule has 1 aromatic heterocycles. The van der Waals surface area contributed by atoms with E-state index >= 15 is 0 Å². The van der Waals surface area contributed by atoms with Crippen LogP contribution in [-0.2, 0) is 12.8 Å². The molecule has 6 nitrogen and oxygen atoms in total. The molecule has 150 valence electrons. The standard InChI is InChI=1S/C23H26N4O2/c1-4-16-10-9-11-17(5-2)21(16)27-22(28)19-14-15-24-23(26-19)25-18-12-7-8-13-20(18)29-6-3/h7-15H,4-6H2,1-3H3,(H,27,28)(H,24,25,26). The van der Waals surface area contributed by atoms with Crippen LogP contribution in [0.25, 0.3) is 0 Å². The van der Waals surface area contributed by atoms with Crippen LogP contribution in [0.1, 0.15) is 42.4 Å². The summed E-state index contributed by atoms with van der Waals surface area (Å²) < 4.78 is 5.62. The van der Waals surface area contributed by atoms with Crippen LogP contribution in [0.5, 0.6) is 5.75 Å². The first-order valence-electron chi connectivity index (χ1n) is 9.90. The first-order valence-corrected chi connectivity index (χ1v) is 9.90. The smallest absolute Gasteiger partial charge is 0.274 e. The lowest BCUT2D eigenvalue weighted by atomic mass is 10.0. The molecule has 0 aliphatic carbocycles. The van der Waals surface area contributed by atoms with Crippen molar-refractivity contribution in [2.75, 3.05) is 17.2 Å². The fraction of sp³-hybridized carbons (Fsp3) is 0.261. The maximum atomic E-state index is 12.9. The number of rotatable bonds is 8. The lowest BCUT2D eigenvalue weighted by Crippen LogP contribution is -2.17. The highest BCUT2D eigenvalue weighted by Gasteiger charge is 2.14. The van der Waals surface area contributed by atoms with Gasteiger partial charge in [0.25, 0.3) is 5.91 Å². The number of benzene rings is 2. The summed E-state index contributed by atoms with van der Waals surface area (Å²) in [5, 5.41) is 6.17. The van der Waals surface area contributed by atoms with Crippen molar-refractivity contribution in [3.63, 3.8) is 0 Å². The number of carbonyl (C=O) groups is 1. The minimum Gasteiger partial charge on any atom is -0.492 e. The van der Waals surface area contributed by atoms with Crippen LogP contribution in [0.3, 0.4) is 0 Å². The number of amides is 1. The third-order valence-corrected chi connectivity index (χ3v) is 4.56. The zero-order valence-electron chi connectivity index (χ0n) is 17.0. The molecule has 0 saturated heterocycles. The lowest BCUT2D eigenvalue weighted by Gasteiger charge is -2.14. The molecule has 0 atom stereocenters. The molecule has 3 aromatic rings. The maximum absolute atomic E-state index is 12.9. The van der Waals surface area contributed by atoms with Crippen LogP contribution in [0, 0.1) is 0 Å². The summed E-state index contributed by atoms with van der Waals surface area (Å²) in [6.07, 6.45) is 3.25. The molecule has 1 heterocycles. The Labute approximate surface area is 171 Å². The van der Waals surface area contributed by atoms with Gasteiger partial charge in [-0.1, -0.05) is 44.2 Å². The number of aryl methyl sites for hydroxylation is 2. The molecule has 29 heavy (non-hydrogen) atoms. The van der Waals surface area contributed by atoms with Gasteiger partial charge in [0.15, 0.2) is 0 Å². The summed E-state index contributed by atoms with van der Waals surface area (Å²) in [4.78, 5) is 21.5. The van der Waals surface area contributed by atoms with E-state index < -0.39 is 0 Å². The molecule has 1 amide bonds. The molecule has 0 radical (unpaired) electrons. The van der Waals surface area contributed by atoms with Crippen LogP contribution in [0.2, 0.25) is 0 Å². The number of ether oxygens (including phenoxy) is 1. The Balaban J connectivity index is 1.83. The van der Waals surface area contributed by atoms with Crippen LogP contribution >= 0.6 is 0 Å². The number of anilines is 3. The molecular weight excluding hydrogens is 364 g/mol. The van der Waals surface area contributed by atoms with Gasteiger partial charge in [-0.25, -0.2) is 9.97 Å². The van der Waals surface area contributed by atoms with E-state index in [0.717, 1.165) is 35.3 Å². The fourth-order valence-electron chi connectivity index (χ4n) is 3.10. The number of aromatic nitrogens is 2. The number of para-hydroxylation sites is 3. The van der Waals surface area contributed by atoms with Gasteiger partial charge >= 0.3 is 0 Å². The predicted molar refractivity (Wildman–Crippen MR) is 116 cm³/mol. The van der Waals surface area contributed by atoms with E-state index in [1.54, 1.807) is 12.3 Å². The lowest BCUT2D eigenvalue weighted by molar-refractivity contribution is 0.102. The largest absolute Gasteiger partial charge is 0.492 e. The average molecular weight is 390 g/mol. The van der Waals surface area contributed by atoms with E-state index in [9.17, 15) is 4.79 Å². The normalized spacial score (nSPS) is 10.4. The molecule has 0 fully saturated rings. The molecule has 0 saturated carbocycles. The van der Waals surface area contributed by atoms with Gasteiger partial charge < -0.3 is 15.4 Å². The Bertz CT molecular complexity index is 966. The second kappa shape index (κ2) is 9.68. The van der Waals surface area contributed by atoms with Crippen molar-refractivity contribution < 1.29 is 9.53 Å². The second-order valence-electron chi connectivity index (χ2n) is 6.43. The Morgan fingerprint density at radius 3 is 2.38 bits per heavy atom. The van der Waals surface area contributed by atoms with Gasteiger partial charge in [-0.2, -0.15) is 0 Å². The van der Waals surface area contributed by atoms with Crippen LogP contribution in [0.4, 0.5) is 17.3 Å². The van der Waals surface area contributed by atoms with Crippen molar-refractivity contribution in [1.29, 1.82) is 0 Å². The van der Waals surface area contributed by atoms with Gasteiger partial charge in [0, 0.05) is 11.9 Å². The minimum atomic E-state index is -0.260. The molecule has 6 heteroatoms. The van der Waals surface area contributed by atoms with Crippen LogP contribution in [-0.4, -0.2) is 22.5 Å². The molecule has 0 spiro atoms. The topological polar surface area (TPSA) is 76.1 Å². The number of hydrogen-bond acceptors (Lipinski definition) is 5. The Kier molecular flexibility index (Phi) is 6.79. The molecule has 2 aromatic carbocycles. The van der Waals surface area contributed by atoms with Crippen molar-refractivity contribution in [3.05, 3.63) is 71.5 Å². The zero-order chi connectivity index (χ0) is 20.6. The van der Waals surface area contributed by atoms with Crippen molar-refractivity contribution >= 4 is 23.2 Å². The Morgan fingerprint density at radius 1 is 0.966 bits per heavy atom. The van der Waals surface area contributed by atoms with E-state index in [1.807, 2.05) is 49.4 Å². The third kappa shape index (κ3) is 4.90. The van der Waals surface area contributed by atoms with Crippen molar-refractivity contribution in [2.45, 2.75) is 33.6 Å². The van der Waals surface area contributed by atoms with Crippen molar-refractivity contribution in [1.82, 2.24) is 9.97 Å². The monoisotopic (exact) mass is 390 g/mol. The number of carbonyl (C=O) groups excluding carboxylic acids is 1. The SMILES string of the molecule is CCOc1ccccc1Nc1nccc(C(=O)Nc2c(CC)cccc2CC)n1. The average Bonchev–Trinajstić information content (AvgIpc) is 2.75. The highest BCUT2D eigenvalue weighted by Crippen LogP contribution is 2.26. The molecule has 2 N–H and O–H groups in total. The third-order valence-electron chi connectivity index (χ3n) is 4.56. The summed E-state index contributed by atoms with van der Waals surface area (Å²) in [5.74, 6) is 0.784. The van der Waals surface area contributed by atoms with E-state index in [1.165, 1.54) is 0 Å². The van der Waals surface area contributed by atoms with Gasteiger partial charge in [0.1, 0.15) is 11.4 Å². The Morgan fingerprint density at radius 2 is 1.69 bits per heavy atom. The molecule has 0 bridgehead atoms. The predicted octanol–water partition coefficient (Wildman–Crippen LogP) is 5.00. The summed E-state index contributed by atoms with van der Waals surface area (Å²) in [5.41, 5.74) is 4.13. The van der Waals surface area contributed by atoms with E-state index in [0.29, 0.717) is 24.0 Å². The van der Waals surface area contributed by atoms with Gasteiger partial charge in [-0.15, -0.1) is 0 Å². The second-order valence-corrected chi connectivity index (χ2v) is 6.43. The number of nitrogens with one attached hydrogen (secondary N) is 2.